The number of aliphatic imine (C=N–C) groups is 1. The van der Waals surface area contributed by atoms with Crippen LogP contribution in [0.25, 0.3) is 0 Å². The number of hydrogen-bond donors (Lipinski definition) is 2. The Morgan fingerprint density at radius 2 is 2.13 bits per heavy atom. The zero-order valence-electron chi connectivity index (χ0n) is 14.4. The molecule has 2 N–H and O–H groups in total. The third-order valence-electron chi connectivity index (χ3n) is 4.14. The molecule has 5 nitrogen and oxygen atoms in total. The number of guanidine groups is 1. The van der Waals surface area contributed by atoms with E-state index in [2.05, 4.69) is 27.4 Å². The highest BCUT2D eigenvalue weighted by atomic mass is 16.1. The van der Waals surface area contributed by atoms with Crippen molar-refractivity contribution in [2.24, 2.45) is 10.9 Å². The largest absolute Gasteiger partial charge is 0.354 e. The summed E-state index contributed by atoms with van der Waals surface area (Å²) in [5, 5.41) is 6.28. The molecule has 1 amide bonds. The van der Waals surface area contributed by atoms with Gasteiger partial charge in [0.1, 0.15) is 0 Å². The molecule has 5 heteroatoms. The Hall–Kier alpha value is -2.04. The molecule has 23 heavy (non-hydrogen) atoms. The predicted octanol–water partition coefficient (Wildman–Crippen LogP) is 2.03. The van der Waals surface area contributed by atoms with Crippen LogP contribution in [0.2, 0.25) is 0 Å². The number of carbonyl (C=O) groups is 1. The van der Waals surface area contributed by atoms with Gasteiger partial charge in [0.15, 0.2) is 5.96 Å². The summed E-state index contributed by atoms with van der Waals surface area (Å²) in [5.41, 5.74) is 1.80. The molecule has 1 aromatic rings. The minimum atomic E-state index is -0.0305. The highest BCUT2D eigenvalue weighted by Gasteiger charge is 2.18. The Bertz CT molecular complexity index is 556. The first-order valence-corrected chi connectivity index (χ1v) is 8.40. The second-order valence-electron chi connectivity index (χ2n) is 6.29. The van der Waals surface area contributed by atoms with Crippen molar-refractivity contribution in [3.05, 3.63) is 35.4 Å². The summed E-state index contributed by atoms with van der Waals surface area (Å²) in [6.07, 6.45) is 2.51. The van der Waals surface area contributed by atoms with Crippen LogP contribution in [-0.4, -0.2) is 50.0 Å². The van der Waals surface area contributed by atoms with Gasteiger partial charge in [0, 0.05) is 38.8 Å². The van der Waals surface area contributed by atoms with Crippen molar-refractivity contribution in [2.45, 2.75) is 26.7 Å². The summed E-state index contributed by atoms with van der Waals surface area (Å²) in [5.74, 6) is 1.61. The van der Waals surface area contributed by atoms with Gasteiger partial charge < -0.3 is 15.5 Å². The zero-order valence-corrected chi connectivity index (χ0v) is 14.4. The summed E-state index contributed by atoms with van der Waals surface area (Å²) in [6.45, 7) is 7.63. The fourth-order valence-electron chi connectivity index (χ4n) is 2.95. The van der Waals surface area contributed by atoms with Crippen molar-refractivity contribution >= 4 is 11.9 Å². The first kappa shape index (κ1) is 17.3. The lowest BCUT2D eigenvalue weighted by Gasteiger charge is -2.33. The van der Waals surface area contributed by atoms with Crippen LogP contribution in [0.1, 0.15) is 35.7 Å². The van der Waals surface area contributed by atoms with Crippen LogP contribution >= 0.6 is 0 Å². The molecule has 1 atom stereocenters. The smallest absolute Gasteiger partial charge is 0.251 e. The SMILES string of the molecule is CN=C(NCCNC(=O)c1cccc(C)c1)N1CCCC(C)C1. The fourth-order valence-corrected chi connectivity index (χ4v) is 2.95. The number of benzene rings is 1. The van der Waals surface area contributed by atoms with Crippen LogP contribution in [0.4, 0.5) is 0 Å². The van der Waals surface area contributed by atoms with Crippen molar-refractivity contribution in [3.8, 4) is 0 Å². The first-order chi connectivity index (χ1) is 11.1. The van der Waals surface area contributed by atoms with E-state index in [1.54, 1.807) is 0 Å². The second-order valence-corrected chi connectivity index (χ2v) is 6.29. The van der Waals surface area contributed by atoms with Gasteiger partial charge in [0.2, 0.25) is 0 Å². The van der Waals surface area contributed by atoms with E-state index in [9.17, 15) is 4.79 Å². The van der Waals surface area contributed by atoms with Crippen LogP contribution in [0.15, 0.2) is 29.3 Å². The van der Waals surface area contributed by atoms with Crippen molar-refractivity contribution in [2.75, 3.05) is 33.2 Å². The molecule has 0 saturated carbocycles. The van der Waals surface area contributed by atoms with Crippen LogP contribution in [0.5, 0.6) is 0 Å². The Kier molecular flexibility index (Phi) is 6.44. The molecule has 1 aromatic carbocycles. The maximum atomic E-state index is 12.1. The minimum Gasteiger partial charge on any atom is -0.354 e. The van der Waals surface area contributed by atoms with Gasteiger partial charge in [-0.2, -0.15) is 0 Å². The summed E-state index contributed by atoms with van der Waals surface area (Å²) in [4.78, 5) is 18.7. The van der Waals surface area contributed by atoms with Crippen molar-refractivity contribution in [3.63, 3.8) is 0 Å². The molecule has 0 aromatic heterocycles. The van der Waals surface area contributed by atoms with Crippen molar-refractivity contribution in [1.82, 2.24) is 15.5 Å². The number of carbonyl (C=O) groups excluding carboxylic acids is 1. The lowest BCUT2D eigenvalue weighted by atomic mass is 10.0. The second kappa shape index (κ2) is 8.56. The number of amides is 1. The third-order valence-corrected chi connectivity index (χ3v) is 4.14. The van der Waals surface area contributed by atoms with Crippen LogP contribution < -0.4 is 10.6 Å². The number of hydrogen-bond acceptors (Lipinski definition) is 2. The molecule has 126 valence electrons. The molecule has 1 saturated heterocycles. The quantitative estimate of drug-likeness (QED) is 0.508. The molecule has 2 rings (SSSR count). The van der Waals surface area contributed by atoms with E-state index >= 15 is 0 Å². The molecule has 0 aliphatic carbocycles. The number of likely N-dealkylation sites (tertiary alicyclic amines) is 1. The Balaban J connectivity index is 1.74. The van der Waals surface area contributed by atoms with Gasteiger partial charge in [-0.15, -0.1) is 0 Å². The summed E-state index contributed by atoms with van der Waals surface area (Å²) >= 11 is 0. The van der Waals surface area contributed by atoms with Gasteiger partial charge >= 0.3 is 0 Å². The molecular weight excluding hydrogens is 288 g/mol. The molecule has 1 fully saturated rings. The minimum absolute atomic E-state index is 0.0305. The Morgan fingerprint density at radius 3 is 2.83 bits per heavy atom. The van der Waals surface area contributed by atoms with Gasteiger partial charge in [-0.3, -0.25) is 9.79 Å². The number of nitrogens with one attached hydrogen (secondary N) is 2. The molecule has 0 radical (unpaired) electrons. The molecular formula is C18H28N4O. The van der Waals surface area contributed by atoms with Crippen molar-refractivity contribution < 1.29 is 4.79 Å². The molecule has 0 bridgehead atoms. The van der Waals surface area contributed by atoms with Crippen LogP contribution in [0, 0.1) is 12.8 Å². The highest BCUT2D eigenvalue weighted by Crippen LogP contribution is 2.15. The summed E-state index contributed by atoms with van der Waals surface area (Å²) < 4.78 is 0. The molecule has 1 aliphatic heterocycles. The maximum absolute atomic E-state index is 12.1. The lowest BCUT2D eigenvalue weighted by Crippen LogP contribution is -2.47. The van der Waals surface area contributed by atoms with E-state index in [1.807, 2.05) is 38.2 Å². The van der Waals surface area contributed by atoms with Gasteiger partial charge in [0.05, 0.1) is 0 Å². The average Bonchev–Trinajstić information content (AvgIpc) is 2.54. The lowest BCUT2D eigenvalue weighted by molar-refractivity contribution is 0.0954. The number of piperidine rings is 1. The van der Waals surface area contributed by atoms with Crippen LogP contribution in [0.3, 0.4) is 0 Å². The number of rotatable bonds is 4. The third kappa shape index (κ3) is 5.27. The number of nitrogens with zero attached hydrogens (tertiary/aromatic N) is 2. The van der Waals surface area contributed by atoms with Gasteiger partial charge in [-0.25, -0.2) is 0 Å². The fraction of sp³-hybridized carbons (Fsp3) is 0.556. The standard InChI is InChI=1S/C18H28N4O/c1-14-6-4-8-16(12-14)17(23)20-9-10-21-18(19-3)22-11-5-7-15(2)13-22/h4,6,8,12,15H,5,7,9-11,13H2,1-3H3,(H,19,21)(H,20,23). The van der Waals surface area contributed by atoms with Gasteiger partial charge in [-0.1, -0.05) is 24.6 Å². The first-order valence-electron chi connectivity index (χ1n) is 8.40. The van der Waals surface area contributed by atoms with E-state index < -0.39 is 0 Å². The van der Waals surface area contributed by atoms with Gasteiger partial charge in [0.25, 0.3) is 5.91 Å². The van der Waals surface area contributed by atoms with E-state index in [4.69, 9.17) is 0 Å². The van der Waals surface area contributed by atoms with Crippen LogP contribution in [-0.2, 0) is 0 Å². The van der Waals surface area contributed by atoms with E-state index in [0.717, 1.165) is 24.6 Å². The van der Waals surface area contributed by atoms with Gasteiger partial charge in [-0.05, 0) is 37.8 Å². The van der Waals surface area contributed by atoms with Crippen molar-refractivity contribution in [1.29, 1.82) is 0 Å². The summed E-state index contributed by atoms with van der Waals surface area (Å²) in [7, 11) is 1.81. The predicted molar refractivity (Wildman–Crippen MR) is 94.8 cm³/mol. The normalized spacial score (nSPS) is 18.7. The molecule has 0 spiro atoms. The topological polar surface area (TPSA) is 56.7 Å². The van der Waals surface area contributed by atoms with E-state index in [-0.39, 0.29) is 5.91 Å². The maximum Gasteiger partial charge on any atom is 0.251 e. The Labute approximate surface area is 139 Å². The highest BCUT2D eigenvalue weighted by molar-refractivity contribution is 5.94. The molecule has 1 aliphatic rings. The molecule has 1 heterocycles. The van der Waals surface area contributed by atoms with E-state index in [0.29, 0.717) is 24.6 Å². The summed E-state index contributed by atoms with van der Waals surface area (Å²) in [6, 6.07) is 7.63. The Morgan fingerprint density at radius 1 is 1.35 bits per heavy atom. The zero-order chi connectivity index (χ0) is 16.7. The molecule has 1 unspecified atom stereocenters. The monoisotopic (exact) mass is 316 g/mol. The number of aryl methyl sites for hydroxylation is 1. The average molecular weight is 316 g/mol. The van der Waals surface area contributed by atoms with E-state index in [1.165, 1.54) is 12.8 Å².